The summed E-state index contributed by atoms with van der Waals surface area (Å²) in [5, 5.41) is 0. The number of rotatable bonds is 4. The maximum atomic E-state index is 11.9. The summed E-state index contributed by atoms with van der Waals surface area (Å²) < 4.78 is 0. The fourth-order valence-electron chi connectivity index (χ4n) is 1.88. The predicted octanol–water partition coefficient (Wildman–Crippen LogP) is 1.72. The number of carbonyl (C=O) groups excluding carboxylic acids is 3. The van der Waals surface area contributed by atoms with Crippen LogP contribution in [0.4, 0.5) is 4.79 Å². The lowest BCUT2D eigenvalue weighted by atomic mass is 10.2. The molecule has 19 heavy (non-hydrogen) atoms. The van der Waals surface area contributed by atoms with E-state index in [-0.39, 0.29) is 13.1 Å². The SMILES string of the molecule is CCN1C(=O)C(=O)N(Cc2ccc(SC)cc2)C1=O. The first-order valence-corrected chi connectivity index (χ1v) is 7.11. The first-order valence-electron chi connectivity index (χ1n) is 5.88. The van der Waals surface area contributed by atoms with E-state index in [1.54, 1.807) is 18.7 Å². The summed E-state index contributed by atoms with van der Waals surface area (Å²) in [4.78, 5) is 38.2. The molecule has 0 N–H and O–H groups in total. The van der Waals surface area contributed by atoms with Crippen LogP contribution in [0.3, 0.4) is 0 Å². The highest BCUT2D eigenvalue weighted by atomic mass is 32.2. The standard InChI is InChI=1S/C13H14N2O3S/c1-3-14-11(16)12(17)15(13(14)18)8-9-4-6-10(19-2)7-5-9/h4-7H,3,8H2,1-2H3. The zero-order valence-corrected chi connectivity index (χ0v) is 11.6. The molecular weight excluding hydrogens is 264 g/mol. The van der Waals surface area contributed by atoms with Crippen molar-refractivity contribution in [2.75, 3.05) is 12.8 Å². The van der Waals surface area contributed by atoms with Gasteiger partial charge in [0, 0.05) is 11.4 Å². The third kappa shape index (κ3) is 2.49. The average molecular weight is 278 g/mol. The summed E-state index contributed by atoms with van der Waals surface area (Å²) in [7, 11) is 0. The molecule has 1 fully saturated rings. The van der Waals surface area contributed by atoms with Gasteiger partial charge in [0.2, 0.25) is 0 Å². The Morgan fingerprint density at radius 2 is 1.58 bits per heavy atom. The van der Waals surface area contributed by atoms with Crippen LogP contribution in [0.25, 0.3) is 0 Å². The van der Waals surface area contributed by atoms with E-state index in [0.29, 0.717) is 0 Å². The molecule has 2 rings (SSSR count). The minimum absolute atomic E-state index is 0.133. The molecular formula is C13H14N2O3S. The van der Waals surface area contributed by atoms with Gasteiger partial charge in [0.25, 0.3) is 0 Å². The summed E-state index contributed by atoms with van der Waals surface area (Å²) in [5.41, 5.74) is 0.824. The predicted molar refractivity (Wildman–Crippen MR) is 71.6 cm³/mol. The fraction of sp³-hybridized carbons (Fsp3) is 0.308. The van der Waals surface area contributed by atoms with Crippen molar-refractivity contribution in [3.8, 4) is 0 Å². The molecule has 0 radical (unpaired) electrons. The molecule has 0 aromatic heterocycles. The molecule has 0 bridgehead atoms. The minimum Gasteiger partial charge on any atom is -0.263 e. The summed E-state index contributed by atoms with van der Waals surface area (Å²) in [6.45, 7) is 2.01. The van der Waals surface area contributed by atoms with Gasteiger partial charge in [-0.2, -0.15) is 0 Å². The lowest BCUT2D eigenvalue weighted by Gasteiger charge is -2.14. The van der Waals surface area contributed by atoms with E-state index < -0.39 is 17.8 Å². The lowest BCUT2D eigenvalue weighted by molar-refractivity contribution is -0.143. The normalized spacial score (nSPS) is 15.6. The Morgan fingerprint density at radius 1 is 1.00 bits per heavy atom. The molecule has 4 amide bonds. The molecule has 1 saturated heterocycles. The Labute approximate surface area is 115 Å². The van der Waals surface area contributed by atoms with Gasteiger partial charge in [-0.15, -0.1) is 11.8 Å². The van der Waals surface area contributed by atoms with Gasteiger partial charge in [-0.3, -0.25) is 19.4 Å². The summed E-state index contributed by atoms with van der Waals surface area (Å²) in [5.74, 6) is -1.49. The van der Waals surface area contributed by atoms with Crippen LogP contribution in [-0.2, 0) is 16.1 Å². The highest BCUT2D eigenvalue weighted by Crippen LogP contribution is 2.18. The minimum atomic E-state index is -0.749. The van der Waals surface area contributed by atoms with Crippen molar-refractivity contribution in [3.05, 3.63) is 29.8 Å². The maximum absolute atomic E-state index is 11.9. The van der Waals surface area contributed by atoms with Gasteiger partial charge in [0.1, 0.15) is 0 Å². The Bertz CT molecular complexity index is 527. The van der Waals surface area contributed by atoms with Gasteiger partial charge in [-0.05, 0) is 30.9 Å². The molecule has 6 heteroatoms. The van der Waals surface area contributed by atoms with Gasteiger partial charge < -0.3 is 0 Å². The number of imide groups is 2. The summed E-state index contributed by atoms with van der Waals surface area (Å²) in [6.07, 6.45) is 1.97. The Morgan fingerprint density at radius 3 is 2.05 bits per heavy atom. The second kappa shape index (κ2) is 5.44. The molecule has 1 aliphatic rings. The number of thioether (sulfide) groups is 1. The van der Waals surface area contributed by atoms with Gasteiger partial charge in [-0.25, -0.2) is 4.79 Å². The Balaban J connectivity index is 2.16. The van der Waals surface area contributed by atoms with Crippen molar-refractivity contribution in [1.82, 2.24) is 9.80 Å². The number of amides is 4. The number of carbonyl (C=O) groups is 3. The van der Waals surface area contributed by atoms with E-state index in [1.165, 1.54) is 0 Å². The molecule has 1 heterocycles. The van der Waals surface area contributed by atoms with Crippen LogP contribution in [0.1, 0.15) is 12.5 Å². The second-order valence-electron chi connectivity index (χ2n) is 4.07. The molecule has 0 atom stereocenters. The van der Waals surface area contributed by atoms with E-state index >= 15 is 0 Å². The van der Waals surface area contributed by atoms with Crippen LogP contribution in [0.5, 0.6) is 0 Å². The Kier molecular flexibility index (Phi) is 3.90. The third-order valence-corrected chi connectivity index (χ3v) is 3.69. The molecule has 0 unspecified atom stereocenters. The number of benzene rings is 1. The Hall–Kier alpha value is -1.82. The van der Waals surface area contributed by atoms with E-state index in [1.807, 2.05) is 30.5 Å². The van der Waals surface area contributed by atoms with Crippen LogP contribution in [0.15, 0.2) is 29.2 Å². The molecule has 0 saturated carbocycles. The van der Waals surface area contributed by atoms with E-state index in [0.717, 1.165) is 20.3 Å². The van der Waals surface area contributed by atoms with Crippen LogP contribution >= 0.6 is 11.8 Å². The monoisotopic (exact) mass is 278 g/mol. The van der Waals surface area contributed by atoms with Gasteiger partial charge in [-0.1, -0.05) is 12.1 Å². The van der Waals surface area contributed by atoms with Gasteiger partial charge in [0.05, 0.1) is 6.54 Å². The highest BCUT2D eigenvalue weighted by molar-refractivity contribution is 7.98. The first-order chi connectivity index (χ1) is 9.08. The number of hydrogen-bond donors (Lipinski definition) is 0. The number of hydrogen-bond acceptors (Lipinski definition) is 4. The van der Waals surface area contributed by atoms with E-state index in [4.69, 9.17) is 0 Å². The van der Waals surface area contributed by atoms with E-state index in [2.05, 4.69) is 0 Å². The molecule has 1 aromatic carbocycles. The van der Waals surface area contributed by atoms with Crippen molar-refractivity contribution in [3.63, 3.8) is 0 Å². The number of likely N-dealkylation sites (N-methyl/N-ethyl adjacent to an activating group) is 1. The lowest BCUT2D eigenvalue weighted by Crippen LogP contribution is -2.32. The van der Waals surface area contributed by atoms with Crippen molar-refractivity contribution < 1.29 is 14.4 Å². The third-order valence-electron chi connectivity index (χ3n) is 2.95. The topological polar surface area (TPSA) is 57.7 Å². The van der Waals surface area contributed by atoms with Gasteiger partial charge in [0.15, 0.2) is 0 Å². The maximum Gasteiger partial charge on any atom is 0.334 e. The molecule has 5 nitrogen and oxygen atoms in total. The van der Waals surface area contributed by atoms with Crippen molar-refractivity contribution in [2.24, 2.45) is 0 Å². The van der Waals surface area contributed by atoms with Crippen molar-refractivity contribution in [1.29, 1.82) is 0 Å². The molecule has 0 spiro atoms. The van der Waals surface area contributed by atoms with Crippen LogP contribution in [0.2, 0.25) is 0 Å². The fourth-order valence-corrected chi connectivity index (χ4v) is 2.29. The first kappa shape index (κ1) is 13.6. The molecule has 0 aliphatic carbocycles. The van der Waals surface area contributed by atoms with Gasteiger partial charge >= 0.3 is 17.8 Å². The number of nitrogens with zero attached hydrogens (tertiary/aromatic N) is 2. The molecule has 100 valence electrons. The van der Waals surface area contributed by atoms with E-state index in [9.17, 15) is 14.4 Å². The number of urea groups is 1. The van der Waals surface area contributed by atoms with Crippen molar-refractivity contribution >= 4 is 29.6 Å². The summed E-state index contributed by atoms with van der Waals surface area (Å²) >= 11 is 1.62. The quantitative estimate of drug-likeness (QED) is 0.478. The summed E-state index contributed by atoms with van der Waals surface area (Å²) in [6, 6.07) is 7.01. The zero-order chi connectivity index (χ0) is 14.0. The smallest absolute Gasteiger partial charge is 0.263 e. The second-order valence-corrected chi connectivity index (χ2v) is 4.95. The largest absolute Gasteiger partial charge is 0.334 e. The van der Waals surface area contributed by atoms with Crippen LogP contribution < -0.4 is 0 Å². The van der Waals surface area contributed by atoms with Crippen LogP contribution in [0, 0.1) is 0 Å². The average Bonchev–Trinajstić information content (AvgIpc) is 2.63. The molecule has 1 aliphatic heterocycles. The highest BCUT2D eigenvalue weighted by Gasteiger charge is 2.43. The molecule has 1 aromatic rings. The van der Waals surface area contributed by atoms with Crippen molar-refractivity contribution in [2.45, 2.75) is 18.4 Å². The zero-order valence-electron chi connectivity index (χ0n) is 10.8. The van der Waals surface area contributed by atoms with Crippen LogP contribution in [-0.4, -0.2) is 40.4 Å².